The highest BCUT2D eigenvalue weighted by Crippen LogP contribution is 2.35. The van der Waals surface area contributed by atoms with Crippen molar-refractivity contribution >= 4 is 0 Å². The minimum Gasteiger partial charge on any atom is -0.632 e. The van der Waals surface area contributed by atoms with Crippen LogP contribution in [0.15, 0.2) is 0 Å². The molecule has 0 unspecified atom stereocenters. The average molecular weight is 205 g/mol. The van der Waals surface area contributed by atoms with Crippen molar-refractivity contribution < 1.29 is 4.65 Å². The third kappa shape index (κ3) is 1.48. The predicted octanol–water partition coefficient (Wildman–Crippen LogP) is 2.88. The molecule has 2 rings (SSSR count). The Kier molecular flexibility index (Phi) is 2.18. The lowest BCUT2D eigenvalue weighted by Crippen LogP contribution is -2.30. The highest BCUT2D eigenvalue weighted by atomic mass is 16.5. The predicted molar refractivity (Wildman–Crippen MR) is 62.3 cm³/mol. The minimum atomic E-state index is -0.139. The van der Waals surface area contributed by atoms with Crippen molar-refractivity contribution in [3.8, 4) is 0 Å². The van der Waals surface area contributed by atoms with Crippen LogP contribution in [0.1, 0.15) is 33.4 Å². The number of hydrogen-bond donors (Lipinski definition) is 0. The SMILES string of the molecule is Cc1c(C)c(C)c2c(c1C)C[N+](C)([O-])C2. The molecule has 15 heavy (non-hydrogen) atoms. The normalized spacial score (nSPS) is 18.0. The Morgan fingerprint density at radius 1 is 0.800 bits per heavy atom. The second kappa shape index (κ2) is 3.06. The first-order chi connectivity index (χ1) is 6.83. The summed E-state index contributed by atoms with van der Waals surface area (Å²) in [5, 5.41) is 12.0. The lowest BCUT2D eigenvalue weighted by molar-refractivity contribution is -0.880. The van der Waals surface area contributed by atoms with Crippen LogP contribution in [-0.4, -0.2) is 11.7 Å². The van der Waals surface area contributed by atoms with E-state index in [4.69, 9.17) is 0 Å². The van der Waals surface area contributed by atoms with Crippen molar-refractivity contribution in [1.82, 2.24) is 0 Å². The topological polar surface area (TPSA) is 23.1 Å². The van der Waals surface area contributed by atoms with Gasteiger partial charge in [-0.2, -0.15) is 0 Å². The highest BCUT2D eigenvalue weighted by molar-refractivity contribution is 5.50. The standard InChI is InChI=1S/C13H19NO/c1-8-9(2)11(4)13-7-14(5,15)6-12(13)10(8)3/h6-7H2,1-5H3. The number of hydroxylamine groups is 3. The number of quaternary nitrogens is 1. The van der Waals surface area contributed by atoms with E-state index in [0.29, 0.717) is 13.1 Å². The van der Waals surface area contributed by atoms with E-state index < -0.39 is 0 Å². The van der Waals surface area contributed by atoms with Gasteiger partial charge in [-0.05, 0) is 49.9 Å². The van der Waals surface area contributed by atoms with Crippen LogP contribution in [0.2, 0.25) is 0 Å². The van der Waals surface area contributed by atoms with E-state index in [1.54, 1.807) is 7.05 Å². The van der Waals surface area contributed by atoms with E-state index in [-0.39, 0.29) is 4.65 Å². The maximum Gasteiger partial charge on any atom is 0.105 e. The number of fused-ring (bicyclic) bond motifs is 1. The van der Waals surface area contributed by atoms with Gasteiger partial charge in [0.15, 0.2) is 0 Å². The van der Waals surface area contributed by atoms with Crippen molar-refractivity contribution in [2.75, 3.05) is 7.05 Å². The molecule has 0 radical (unpaired) electrons. The third-order valence-corrected chi connectivity index (χ3v) is 3.94. The molecule has 82 valence electrons. The molecular weight excluding hydrogens is 186 g/mol. The van der Waals surface area contributed by atoms with E-state index in [2.05, 4.69) is 27.7 Å². The number of rotatable bonds is 0. The van der Waals surface area contributed by atoms with Gasteiger partial charge < -0.3 is 9.85 Å². The Morgan fingerprint density at radius 2 is 1.13 bits per heavy atom. The fraction of sp³-hybridized carbons (Fsp3) is 0.538. The molecule has 0 bridgehead atoms. The van der Waals surface area contributed by atoms with Crippen LogP contribution in [0, 0.1) is 32.9 Å². The van der Waals surface area contributed by atoms with Gasteiger partial charge in [0, 0.05) is 11.1 Å². The second-order valence-electron chi connectivity index (χ2n) is 5.07. The summed E-state index contributed by atoms with van der Waals surface area (Å²) in [7, 11) is 1.77. The second-order valence-corrected chi connectivity index (χ2v) is 5.07. The lowest BCUT2D eigenvalue weighted by atomic mass is 9.90. The molecule has 0 N–H and O–H groups in total. The maximum atomic E-state index is 12.0. The summed E-state index contributed by atoms with van der Waals surface area (Å²) in [6.45, 7) is 9.89. The van der Waals surface area contributed by atoms with Gasteiger partial charge >= 0.3 is 0 Å². The van der Waals surface area contributed by atoms with Crippen molar-refractivity contribution in [3.63, 3.8) is 0 Å². The Labute approximate surface area is 91.7 Å². The van der Waals surface area contributed by atoms with Crippen LogP contribution in [0.4, 0.5) is 0 Å². The molecule has 0 spiro atoms. The molecule has 1 aromatic carbocycles. The largest absolute Gasteiger partial charge is 0.632 e. The van der Waals surface area contributed by atoms with Crippen molar-refractivity contribution in [2.45, 2.75) is 40.8 Å². The van der Waals surface area contributed by atoms with Gasteiger partial charge in [0.25, 0.3) is 0 Å². The minimum absolute atomic E-state index is 0.139. The van der Waals surface area contributed by atoms with Gasteiger partial charge in [-0.15, -0.1) is 0 Å². The first-order valence-electron chi connectivity index (χ1n) is 5.47. The van der Waals surface area contributed by atoms with Crippen LogP contribution in [0.5, 0.6) is 0 Å². The van der Waals surface area contributed by atoms with Gasteiger partial charge in [0.1, 0.15) is 13.1 Å². The zero-order valence-corrected chi connectivity index (χ0v) is 10.3. The Bertz CT molecular complexity index is 394. The molecule has 0 atom stereocenters. The van der Waals surface area contributed by atoms with E-state index in [0.717, 1.165) is 0 Å². The van der Waals surface area contributed by atoms with Gasteiger partial charge in [-0.3, -0.25) is 0 Å². The highest BCUT2D eigenvalue weighted by Gasteiger charge is 2.29. The summed E-state index contributed by atoms with van der Waals surface area (Å²) < 4.78 is -0.139. The summed E-state index contributed by atoms with van der Waals surface area (Å²) in [6, 6.07) is 0. The summed E-state index contributed by atoms with van der Waals surface area (Å²) >= 11 is 0. The molecule has 0 aliphatic carbocycles. The van der Waals surface area contributed by atoms with Crippen LogP contribution < -0.4 is 0 Å². The van der Waals surface area contributed by atoms with E-state index >= 15 is 0 Å². The average Bonchev–Trinajstić information content (AvgIpc) is 2.48. The van der Waals surface area contributed by atoms with Crippen LogP contribution in [0.3, 0.4) is 0 Å². The molecule has 1 aliphatic rings. The smallest absolute Gasteiger partial charge is 0.105 e. The van der Waals surface area contributed by atoms with Crippen molar-refractivity contribution in [1.29, 1.82) is 0 Å². The Hall–Kier alpha value is -0.860. The Morgan fingerprint density at radius 3 is 1.47 bits per heavy atom. The molecule has 0 amide bonds. The first-order valence-corrected chi connectivity index (χ1v) is 5.47. The monoisotopic (exact) mass is 205 g/mol. The summed E-state index contributed by atoms with van der Waals surface area (Å²) in [4.78, 5) is 0. The van der Waals surface area contributed by atoms with Crippen LogP contribution in [0.25, 0.3) is 0 Å². The molecule has 1 aromatic rings. The molecule has 1 heterocycles. The molecule has 1 aliphatic heterocycles. The number of nitrogens with zero attached hydrogens (tertiary/aromatic N) is 1. The van der Waals surface area contributed by atoms with Crippen molar-refractivity contribution in [2.24, 2.45) is 0 Å². The zero-order chi connectivity index (χ0) is 11.4. The molecule has 0 aromatic heterocycles. The lowest BCUT2D eigenvalue weighted by Gasteiger charge is -2.33. The quantitative estimate of drug-likeness (QED) is 0.472. The Balaban J connectivity index is 2.69. The molecule has 2 nitrogen and oxygen atoms in total. The van der Waals surface area contributed by atoms with E-state index in [9.17, 15) is 5.21 Å². The fourth-order valence-corrected chi connectivity index (χ4v) is 2.62. The molecule has 2 heteroatoms. The fourth-order valence-electron chi connectivity index (χ4n) is 2.62. The van der Waals surface area contributed by atoms with Gasteiger partial charge in [-0.25, -0.2) is 0 Å². The number of benzene rings is 1. The summed E-state index contributed by atoms with van der Waals surface area (Å²) in [5.74, 6) is 0. The molecule has 0 fully saturated rings. The first kappa shape index (κ1) is 10.7. The third-order valence-electron chi connectivity index (χ3n) is 3.94. The van der Waals surface area contributed by atoms with Gasteiger partial charge in [0.05, 0.1) is 7.05 Å². The summed E-state index contributed by atoms with van der Waals surface area (Å²) in [5.41, 5.74) is 7.96. The molecule has 0 saturated carbocycles. The maximum absolute atomic E-state index is 12.0. The van der Waals surface area contributed by atoms with E-state index in [1.165, 1.54) is 33.4 Å². The molecular formula is C13H19NO. The van der Waals surface area contributed by atoms with Crippen LogP contribution >= 0.6 is 0 Å². The number of hydrogen-bond acceptors (Lipinski definition) is 1. The van der Waals surface area contributed by atoms with Crippen molar-refractivity contribution in [3.05, 3.63) is 38.6 Å². The zero-order valence-electron chi connectivity index (χ0n) is 10.3. The van der Waals surface area contributed by atoms with Gasteiger partial charge in [0.2, 0.25) is 0 Å². The van der Waals surface area contributed by atoms with Gasteiger partial charge in [-0.1, -0.05) is 0 Å². The van der Waals surface area contributed by atoms with Crippen LogP contribution in [-0.2, 0) is 13.1 Å². The summed E-state index contributed by atoms with van der Waals surface area (Å²) in [6.07, 6.45) is 0. The molecule has 0 saturated heterocycles. The van der Waals surface area contributed by atoms with E-state index in [1.807, 2.05) is 0 Å².